The van der Waals surface area contributed by atoms with Crippen LogP contribution >= 0.6 is 0 Å². The van der Waals surface area contributed by atoms with Gasteiger partial charge in [-0.05, 0) is 134 Å². The Morgan fingerprint density at radius 3 is 1.01 bits per heavy atom. The summed E-state index contributed by atoms with van der Waals surface area (Å²) in [5.41, 5.74) is -9.92. The predicted molar refractivity (Wildman–Crippen MR) is 362 cm³/mol. The van der Waals surface area contributed by atoms with Crippen LogP contribution in [0.15, 0.2) is 57.5 Å². The topological polar surface area (TPSA) is 293 Å². The lowest BCUT2D eigenvalue weighted by atomic mass is 9.56. The Morgan fingerprint density at radius 1 is 0.421 bits per heavy atom. The molecule has 0 amide bonds. The molecule has 6 aliphatic rings. The summed E-state index contributed by atoms with van der Waals surface area (Å²) in [5.74, 6) is -13.8. The highest BCUT2D eigenvalue weighted by molar-refractivity contribution is 6.22. The lowest BCUT2D eigenvalue weighted by Gasteiger charge is -2.47. The van der Waals surface area contributed by atoms with Crippen molar-refractivity contribution in [2.45, 2.75) is 224 Å². The van der Waals surface area contributed by atoms with E-state index in [-0.39, 0.29) is 114 Å². The SMILES string of the molecule is C=C1C(C)(C)C(O)=C([C@H](c2c(O)c(C(=O)C(C)C)c3c(c2O)[C@@H](C(C)C)C2=C(O3)C(C)(C)C(=O)C(C)(C)C2=O)C(C)C)C(=O)C1(C)CC.CC(C)C(=O)c1c(O)c([C@H](C2=C(O)C(C)(C)C(=O)C(C)(C)C2=O)C(C)C)c(O)c2c1OC1=C(C(=O)C(C)(C)C(=O)C1(C)C)[C@@H]2C(C)C. The van der Waals surface area contributed by atoms with Crippen LogP contribution in [-0.4, -0.2) is 82.7 Å². The molecule has 2 aromatic rings. The quantitative estimate of drug-likeness (QED) is 0.0617. The number of hydrogen-bond acceptors (Lipinski definition) is 17. The average molecular weight is 1310 g/mol. The van der Waals surface area contributed by atoms with Gasteiger partial charge < -0.3 is 40.1 Å². The molecule has 0 aromatic heterocycles. The summed E-state index contributed by atoms with van der Waals surface area (Å²) < 4.78 is 12.9. The Bertz CT molecular complexity index is 3940. The van der Waals surface area contributed by atoms with Crippen LogP contribution in [-0.2, 0) is 33.6 Å². The summed E-state index contributed by atoms with van der Waals surface area (Å²) in [6, 6.07) is 0. The summed E-state index contributed by atoms with van der Waals surface area (Å²) in [7, 11) is 0. The third kappa shape index (κ3) is 10.4. The fourth-order valence-corrected chi connectivity index (χ4v) is 16.2. The van der Waals surface area contributed by atoms with E-state index in [9.17, 15) is 73.8 Å². The van der Waals surface area contributed by atoms with Gasteiger partial charge in [0.2, 0.25) is 0 Å². The number of rotatable bonds is 13. The Kier molecular flexibility index (Phi) is 18.7. The molecule has 0 radical (unpaired) electrons. The second kappa shape index (κ2) is 23.7. The van der Waals surface area contributed by atoms with Gasteiger partial charge in [-0.1, -0.05) is 102 Å². The number of ketones is 9. The molecule has 8 rings (SSSR count). The van der Waals surface area contributed by atoms with E-state index in [4.69, 9.17) is 9.47 Å². The fraction of sp³-hybridized carbons (Fsp3) is 0.603. The number of allylic oxidation sites excluding steroid dienone is 8. The van der Waals surface area contributed by atoms with Crippen molar-refractivity contribution in [3.05, 3.63) is 90.9 Å². The molecule has 0 spiro atoms. The first-order valence-electron chi connectivity index (χ1n) is 33.6. The number of Topliss-reactive ketones (excluding diaryl/α,β-unsaturated/α-hetero) is 9. The minimum atomic E-state index is -1.53. The Morgan fingerprint density at radius 2 is 0.716 bits per heavy atom. The molecular formula is C78H104O17. The molecule has 0 fully saturated rings. The second-order valence-corrected chi connectivity index (χ2v) is 33.4. The van der Waals surface area contributed by atoms with E-state index in [1.807, 2.05) is 48.5 Å². The smallest absolute Gasteiger partial charge is 0.175 e. The van der Waals surface area contributed by atoms with Gasteiger partial charge in [0.25, 0.3) is 0 Å². The molecule has 2 heterocycles. The molecule has 0 bridgehead atoms. The van der Waals surface area contributed by atoms with E-state index in [0.717, 1.165) is 0 Å². The minimum absolute atomic E-state index is 0.0413. The van der Waals surface area contributed by atoms with Crippen molar-refractivity contribution in [3.8, 4) is 34.5 Å². The molecule has 1 unspecified atom stereocenters. The molecule has 6 N–H and O–H groups in total. The van der Waals surface area contributed by atoms with Crippen LogP contribution in [0.3, 0.4) is 0 Å². The van der Waals surface area contributed by atoms with E-state index >= 15 is 0 Å². The number of fused-ring (bicyclic) bond motifs is 2. The fourth-order valence-electron chi connectivity index (χ4n) is 16.2. The summed E-state index contributed by atoms with van der Waals surface area (Å²) in [4.78, 5) is 126. The lowest BCUT2D eigenvalue weighted by Crippen LogP contribution is -2.52. The number of phenols is 4. The van der Waals surface area contributed by atoms with Crippen molar-refractivity contribution in [2.24, 2.45) is 78.8 Å². The maximum absolute atomic E-state index is 14.5. The lowest BCUT2D eigenvalue weighted by molar-refractivity contribution is -0.146. The molecule has 17 nitrogen and oxygen atoms in total. The number of aliphatic hydroxyl groups is 2. The van der Waals surface area contributed by atoms with Crippen LogP contribution in [0.2, 0.25) is 0 Å². The summed E-state index contributed by atoms with van der Waals surface area (Å²) >= 11 is 0. The monoisotopic (exact) mass is 1310 g/mol. The summed E-state index contributed by atoms with van der Waals surface area (Å²) in [5, 5.41) is 72.7. The van der Waals surface area contributed by atoms with Gasteiger partial charge in [-0.2, -0.15) is 0 Å². The third-order valence-electron chi connectivity index (χ3n) is 22.1. The molecule has 2 aromatic carbocycles. The number of benzene rings is 2. The van der Waals surface area contributed by atoms with Crippen molar-refractivity contribution in [1.29, 1.82) is 0 Å². The van der Waals surface area contributed by atoms with Gasteiger partial charge in [0, 0.05) is 85.5 Å². The Labute approximate surface area is 561 Å². The highest BCUT2D eigenvalue weighted by Crippen LogP contribution is 2.65. The van der Waals surface area contributed by atoms with Crippen LogP contribution in [0.1, 0.15) is 267 Å². The number of hydrogen-bond donors (Lipinski definition) is 6. The first-order chi connectivity index (χ1) is 43.0. The Hall–Kier alpha value is -7.43. The zero-order valence-corrected chi connectivity index (χ0v) is 61.4. The van der Waals surface area contributed by atoms with Crippen LogP contribution in [0, 0.1) is 78.8 Å². The van der Waals surface area contributed by atoms with E-state index < -0.39 is 154 Å². The van der Waals surface area contributed by atoms with Crippen LogP contribution in [0.25, 0.3) is 0 Å². The van der Waals surface area contributed by atoms with Gasteiger partial charge in [0.1, 0.15) is 68.7 Å². The number of aromatic hydroxyl groups is 4. The van der Waals surface area contributed by atoms with Crippen molar-refractivity contribution in [3.63, 3.8) is 0 Å². The van der Waals surface area contributed by atoms with Crippen molar-refractivity contribution < 1.29 is 83.3 Å². The predicted octanol–water partition coefficient (Wildman–Crippen LogP) is 15.9. The third-order valence-corrected chi connectivity index (χ3v) is 22.1. The molecule has 95 heavy (non-hydrogen) atoms. The first-order valence-corrected chi connectivity index (χ1v) is 33.6. The zero-order chi connectivity index (χ0) is 73.2. The van der Waals surface area contributed by atoms with E-state index in [1.165, 1.54) is 27.7 Å². The standard InChI is InChI=1S/C40H54O8.C38H50O9/c1-16-40(15)20(8)37(9,10)32(44)25(34(40)46)21(17(2)3)23-29(42)24-22(18(4)5)26-33(45)38(11,12)36(47)39(13,14)35(26)48-31(24)27(30(23)43)28(41)19(6)7;1-15(2)18(22-29(42)35(7,8)33(45)36(9,10)30(22)43)20-26(40)21-19(16(3)4)23-31(44)37(11,12)34(46)38(13,14)32(23)47-28(21)24(27(20)41)25(39)17(5)6/h17-19,21-22,42-44H,8,16H2,1-7,9-15H3;15-19,40-42H,1-14H3/t21-,22+,40?;18-,19-/m01/s1. The number of aliphatic hydroxyl groups excluding tert-OH is 2. The first kappa shape index (κ1) is 75.0. The van der Waals surface area contributed by atoms with Gasteiger partial charge in [0.15, 0.2) is 52.0 Å². The molecular weight excluding hydrogens is 1210 g/mol. The maximum Gasteiger partial charge on any atom is 0.175 e. The van der Waals surface area contributed by atoms with Crippen molar-refractivity contribution in [1.82, 2.24) is 0 Å². The average Bonchev–Trinajstić information content (AvgIpc) is 0.702. The molecule has 0 saturated heterocycles. The van der Waals surface area contributed by atoms with Gasteiger partial charge in [-0.25, -0.2) is 0 Å². The van der Waals surface area contributed by atoms with E-state index in [0.29, 0.717) is 12.0 Å². The summed E-state index contributed by atoms with van der Waals surface area (Å²) in [6.45, 7) is 51.7. The van der Waals surface area contributed by atoms with Crippen molar-refractivity contribution >= 4 is 52.0 Å². The van der Waals surface area contributed by atoms with Gasteiger partial charge in [0.05, 0.1) is 37.9 Å². The highest BCUT2D eigenvalue weighted by atomic mass is 16.5. The zero-order valence-electron chi connectivity index (χ0n) is 61.4. The van der Waals surface area contributed by atoms with E-state index in [2.05, 4.69) is 6.58 Å². The molecule has 5 atom stereocenters. The number of phenolic OH excluding ortho intramolecular Hbond substituents is 4. The largest absolute Gasteiger partial charge is 0.511 e. The van der Waals surface area contributed by atoms with E-state index in [1.54, 1.807) is 118 Å². The van der Waals surface area contributed by atoms with Gasteiger partial charge in [-0.15, -0.1) is 0 Å². The van der Waals surface area contributed by atoms with Crippen molar-refractivity contribution in [2.75, 3.05) is 0 Å². The molecule has 2 aliphatic heterocycles. The normalized spacial score (nSPS) is 24.6. The van der Waals surface area contributed by atoms with Crippen LogP contribution < -0.4 is 9.47 Å². The number of carbonyl (C=O) groups excluding carboxylic acids is 9. The Balaban J connectivity index is 0.000000269. The van der Waals surface area contributed by atoms with Gasteiger partial charge in [-0.3, -0.25) is 43.2 Å². The molecule has 0 saturated carbocycles. The highest BCUT2D eigenvalue weighted by Gasteiger charge is 2.62. The second-order valence-electron chi connectivity index (χ2n) is 33.4. The van der Waals surface area contributed by atoms with Crippen LogP contribution in [0.4, 0.5) is 0 Å². The van der Waals surface area contributed by atoms with Gasteiger partial charge >= 0.3 is 0 Å². The molecule has 4 aliphatic carbocycles. The maximum atomic E-state index is 14.5. The number of ether oxygens (including phenoxy) is 2. The molecule has 17 heteroatoms. The summed E-state index contributed by atoms with van der Waals surface area (Å²) in [6.07, 6.45) is 0.404. The number of carbonyl (C=O) groups is 9. The minimum Gasteiger partial charge on any atom is -0.511 e. The molecule has 518 valence electrons. The van der Waals surface area contributed by atoms with Crippen LogP contribution in [0.5, 0.6) is 34.5 Å².